The van der Waals surface area contributed by atoms with Gasteiger partial charge in [-0.2, -0.15) is 0 Å². The summed E-state index contributed by atoms with van der Waals surface area (Å²) < 4.78 is 0. The SMILES string of the molecule is O=C(/C=C/c1ccccc1)N1CC2CCCCC2C1. The summed E-state index contributed by atoms with van der Waals surface area (Å²) in [4.78, 5) is 14.2. The van der Waals surface area contributed by atoms with Crippen molar-refractivity contribution in [1.82, 2.24) is 4.90 Å². The highest BCUT2D eigenvalue weighted by molar-refractivity contribution is 5.92. The number of carbonyl (C=O) groups excluding carboxylic acids is 1. The molecule has 2 nitrogen and oxygen atoms in total. The second kappa shape index (κ2) is 5.60. The quantitative estimate of drug-likeness (QED) is 0.742. The first-order valence-electron chi connectivity index (χ1n) is 7.35. The van der Waals surface area contributed by atoms with Gasteiger partial charge >= 0.3 is 0 Å². The Kier molecular flexibility index (Phi) is 3.67. The van der Waals surface area contributed by atoms with Gasteiger partial charge < -0.3 is 4.90 Å². The minimum absolute atomic E-state index is 0.179. The van der Waals surface area contributed by atoms with E-state index in [-0.39, 0.29) is 5.91 Å². The summed E-state index contributed by atoms with van der Waals surface area (Å²) in [7, 11) is 0. The molecule has 2 aliphatic rings. The monoisotopic (exact) mass is 255 g/mol. The zero-order valence-electron chi connectivity index (χ0n) is 11.3. The van der Waals surface area contributed by atoms with E-state index in [0.29, 0.717) is 0 Å². The van der Waals surface area contributed by atoms with Crippen molar-refractivity contribution in [3.05, 3.63) is 42.0 Å². The molecule has 0 radical (unpaired) electrons. The normalized spacial score (nSPS) is 26.6. The molecule has 19 heavy (non-hydrogen) atoms. The van der Waals surface area contributed by atoms with Crippen LogP contribution in [0, 0.1) is 11.8 Å². The maximum atomic E-state index is 12.2. The number of amides is 1. The first kappa shape index (κ1) is 12.5. The van der Waals surface area contributed by atoms with E-state index < -0.39 is 0 Å². The van der Waals surface area contributed by atoms with Gasteiger partial charge in [-0.3, -0.25) is 4.79 Å². The Morgan fingerprint density at radius 3 is 2.32 bits per heavy atom. The van der Waals surface area contributed by atoms with Crippen molar-refractivity contribution in [3.63, 3.8) is 0 Å². The number of carbonyl (C=O) groups is 1. The summed E-state index contributed by atoms with van der Waals surface area (Å²) in [5.74, 6) is 1.71. The van der Waals surface area contributed by atoms with Gasteiger partial charge in [0.25, 0.3) is 0 Å². The predicted molar refractivity (Wildman–Crippen MR) is 77.5 cm³/mol. The fraction of sp³-hybridized carbons (Fsp3) is 0.471. The van der Waals surface area contributed by atoms with Crippen LogP contribution in [-0.4, -0.2) is 23.9 Å². The van der Waals surface area contributed by atoms with Crippen LogP contribution >= 0.6 is 0 Å². The van der Waals surface area contributed by atoms with Crippen LogP contribution in [0.25, 0.3) is 6.08 Å². The summed E-state index contributed by atoms with van der Waals surface area (Å²) in [6, 6.07) is 10.0. The molecule has 3 rings (SSSR count). The molecule has 1 heterocycles. The molecule has 2 fully saturated rings. The molecule has 2 heteroatoms. The van der Waals surface area contributed by atoms with Gasteiger partial charge in [0.2, 0.25) is 5.91 Å². The third kappa shape index (κ3) is 2.89. The van der Waals surface area contributed by atoms with E-state index in [2.05, 4.69) is 0 Å². The van der Waals surface area contributed by atoms with Gasteiger partial charge in [0, 0.05) is 19.2 Å². The molecule has 0 spiro atoms. The van der Waals surface area contributed by atoms with Gasteiger partial charge in [0.1, 0.15) is 0 Å². The molecular formula is C17H21NO. The van der Waals surface area contributed by atoms with Gasteiger partial charge in [-0.1, -0.05) is 43.2 Å². The lowest BCUT2D eigenvalue weighted by atomic mass is 9.82. The van der Waals surface area contributed by atoms with Crippen LogP contribution in [-0.2, 0) is 4.79 Å². The molecule has 1 aromatic rings. The van der Waals surface area contributed by atoms with E-state index in [1.807, 2.05) is 41.3 Å². The van der Waals surface area contributed by atoms with Crippen LogP contribution in [0.5, 0.6) is 0 Å². The van der Waals surface area contributed by atoms with Crippen LogP contribution in [0.1, 0.15) is 31.2 Å². The standard InChI is InChI=1S/C17H21NO/c19-17(11-10-14-6-2-1-3-7-14)18-12-15-8-4-5-9-16(15)13-18/h1-3,6-7,10-11,15-16H,4-5,8-9,12-13H2/b11-10+. The van der Waals surface area contributed by atoms with Crippen molar-refractivity contribution in [2.24, 2.45) is 11.8 Å². The summed E-state index contributed by atoms with van der Waals surface area (Å²) in [5, 5.41) is 0. The highest BCUT2D eigenvalue weighted by Gasteiger charge is 2.35. The first-order chi connectivity index (χ1) is 9.33. The van der Waals surface area contributed by atoms with E-state index in [1.54, 1.807) is 6.08 Å². The molecule has 2 atom stereocenters. The summed E-state index contributed by atoms with van der Waals surface area (Å²) >= 11 is 0. The lowest BCUT2D eigenvalue weighted by Crippen LogP contribution is -2.27. The van der Waals surface area contributed by atoms with Crippen LogP contribution in [0.4, 0.5) is 0 Å². The van der Waals surface area contributed by atoms with E-state index in [1.165, 1.54) is 25.7 Å². The Bertz CT molecular complexity index is 451. The molecule has 2 unspecified atom stereocenters. The van der Waals surface area contributed by atoms with E-state index in [0.717, 1.165) is 30.5 Å². The van der Waals surface area contributed by atoms with Crippen LogP contribution in [0.2, 0.25) is 0 Å². The molecule has 1 aromatic carbocycles. The Morgan fingerprint density at radius 1 is 1.05 bits per heavy atom. The number of likely N-dealkylation sites (tertiary alicyclic amines) is 1. The average molecular weight is 255 g/mol. The highest BCUT2D eigenvalue weighted by atomic mass is 16.2. The zero-order valence-corrected chi connectivity index (χ0v) is 11.3. The number of rotatable bonds is 2. The lowest BCUT2D eigenvalue weighted by molar-refractivity contribution is -0.125. The molecule has 1 aliphatic heterocycles. The Hall–Kier alpha value is -1.57. The number of hydrogen-bond donors (Lipinski definition) is 0. The minimum atomic E-state index is 0.179. The summed E-state index contributed by atoms with van der Waals surface area (Å²) in [5.41, 5.74) is 1.09. The topological polar surface area (TPSA) is 20.3 Å². The lowest BCUT2D eigenvalue weighted by Gasteiger charge is -2.22. The fourth-order valence-corrected chi connectivity index (χ4v) is 3.42. The van der Waals surface area contributed by atoms with Crippen LogP contribution in [0.15, 0.2) is 36.4 Å². The number of hydrogen-bond acceptors (Lipinski definition) is 1. The Labute approximate surface area is 115 Å². The molecule has 1 amide bonds. The number of nitrogens with zero attached hydrogens (tertiary/aromatic N) is 1. The smallest absolute Gasteiger partial charge is 0.246 e. The first-order valence-corrected chi connectivity index (χ1v) is 7.35. The van der Waals surface area contributed by atoms with E-state index in [4.69, 9.17) is 0 Å². The fourth-order valence-electron chi connectivity index (χ4n) is 3.42. The van der Waals surface area contributed by atoms with Crippen LogP contribution in [0.3, 0.4) is 0 Å². The van der Waals surface area contributed by atoms with Crippen molar-refractivity contribution in [2.45, 2.75) is 25.7 Å². The molecule has 100 valence electrons. The number of benzene rings is 1. The second-order valence-electron chi connectivity index (χ2n) is 5.79. The van der Waals surface area contributed by atoms with Gasteiger partial charge in [0.15, 0.2) is 0 Å². The molecule has 0 aromatic heterocycles. The Balaban J connectivity index is 1.61. The van der Waals surface area contributed by atoms with Crippen LogP contribution < -0.4 is 0 Å². The Morgan fingerprint density at radius 2 is 1.68 bits per heavy atom. The molecule has 0 N–H and O–H groups in total. The van der Waals surface area contributed by atoms with Crippen molar-refractivity contribution in [3.8, 4) is 0 Å². The van der Waals surface area contributed by atoms with Gasteiger partial charge in [-0.25, -0.2) is 0 Å². The molecule has 0 bridgehead atoms. The molecular weight excluding hydrogens is 234 g/mol. The highest BCUT2D eigenvalue weighted by Crippen LogP contribution is 2.36. The van der Waals surface area contributed by atoms with Crippen molar-refractivity contribution < 1.29 is 4.79 Å². The maximum absolute atomic E-state index is 12.2. The largest absolute Gasteiger partial charge is 0.339 e. The summed E-state index contributed by atoms with van der Waals surface area (Å²) in [6.07, 6.45) is 8.98. The van der Waals surface area contributed by atoms with Crippen molar-refractivity contribution in [1.29, 1.82) is 0 Å². The second-order valence-corrected chi connectivity index (χ2v) is 5.79. The molecule has 1 aliphatic carbocycles. The van der Waals surface area contributed by atoms with Gasteiger partial charge in [-0.15, -0.1) is 0 Å². The third-order valence-electron chi connectivity index (χ3n) is 4.51. The molecule has 1 saturated heterocycles. The van der Waals surface area contributed by atoms with Crippen molar-refractivity contribution >= 4 is 12.0 Å². The van der Waals surface area contributed by atoms with E-state index >= 15 is 0 Å². The van der Waals surface area contributed by atoms with Gasteiger partial charge in [-0.05, 0) is 36.3 Å². The average Bonchev–Trinajstić information content (AvgIpc) is 2.90. The maximum Gasteiger partial charge on any atom is 0.246 e. The predicted octanol–water partition coefficient (Wildman–Crippen LogP) is 3.35. The molecule has 1 saturated carbocycles. The van der Waals surface area contributed by atoms with Gasteiger partial charge in [0.05, 0.1) is 0 Å². The summed E-state index contributed by atoms with van der Waals surface area (Å²) in [6.45, 7) is 1.95. The minimum Gasteiger partial charge on any atom is -0.339 e. The zero-order chi connectivity index (χ0) is 13.1. The number of fused-ring (bicyclic) bond motifs is 1. The van der Waals surface area contributed by atoms with Crippen molar-refractivity contribution in [2.75, 3.05) is 13.1 Å². The van der Waals surface area contributed by atoms with E-state index in [9.17, 15) is 4.79 Å². The third-order valence-corrected chi connectivity index (χ3v) is 4.51.